The molecule has 0 fully saturated rings. The molecule has 0 radical (unpaired) electrons. The number of nitrogen functional groups attached to an aromatic ring is 1. The number of hydrogen-bond acceptors (Lipinski definition) is 3. The van der Waals surface area contributed by atoms with Crippen LogP contribution in [0.4, 0.5) is 5.82 Å². The number of anilines is 1. The molecule has 0 saturated heterocycles. The Kier molecular flexibility index (Phi) is 2.33. The van der Waals surface area contributed by atoms with Crippen molar-refractivity contribution in [1.29, 1.82) is 0 Å². The zero-order valence-electron chi connectivity index (χ0n) is 11.4. The molecule has 2 aromatic heterocycles. The van der Waals surface area contributed by atoms with Gasteiger partial charge in [0.2, 0.25) is 0 Å². The Hall–Kier alpha value is -2.36. The smallest absolute Gasteiger partial charge is 0.149 e. The van der Waals surface area contributed by atoms with E-state index < -0.39 is 0 Å². The maximum atomic E-state index is 5.98. The fourth-order valence-electron chi connectivity index (χ4n) is 3.34. The summed E-state index contributed by atoms with van der Waals surface area (Å²) in [5.74, 6) is 0.997. The first-order valence-electron chi connectivity index (χ1n) is 6.88. The van der Waals surface area contributed by atoms with Crippen molar-refractivity contribution in [3.8, 4) is 0 Å². The van der Waals surface area contributed by atoms with E-state index in [1.165, 1.54) is 11.1 Å². The lowest BCUT2D eigenvalue weighted by atomic mass is 9.99. The number of benzene rings is 1. The molecule has 20 heavy (non-hydrogen) atoms. The molecule has 100 valence electrons. The summed E-state index contributed by atoms with van der Waals surface area (Å²) >= 11 is 0. The Bertz CT molecular complexity index is 778. The van der Waals surface area contributed by atoms with Gasteiger partial charge in [-0.25, -0.2) is 4.98 Å². The van der Waals surface area contributed by atoms with E-state index in [9.17, 15) is 0 Å². The maximum Gasteiger partial charge on any atom is 0.149 e. The summed E-state index contributed by atoms with van der Waals surface area (Å²) in [7, 11) is 1.94. The maximum absolute atomic E-state index is 5.98. The number of nitrogens with two attached hydrogens (primary N) is 1. The molecule has 0 bridgehead atoms. The molecule has 1 aliphatic carbocycles. The van der Waals surface area contributed by atoms with Gasteiger partial charge in [-0.15, -0.1) is 0 Å². The fourth-order valence-corrected chi connectivity index (χ4v) is 3.34. The molecule has 0 unspecified atom stereocenters. The highest BCUT2D eigenvalue weighted by atomic mass is 15.3. The summed E-state index contributed by atoms with van der Waals surface area (Å²) in [5, 5.41) is 5.85. The quantitative estimate of drug-likeness (QED) is 0.734. The van der Waals surface area contributed by atoms with Crippen LogP contribution in [0.5, 0.6) is 0 Å². The van der Waals surface area contributed by atoms with Gasteiger partial charge in [0.25, 0.3) is 0 Å². The van der Waals surface area contributed by atoms with Crippen LogP contribution < -0.4 is 5.73 Å². The van der Waals surface area contributed by atoms with Crippen LogP contribution >= 0.6 is 0 Å². The monoisotopic (exact) mass is 264 g/mol. The van der Waals surface area contributed by atoms with Gasteiger partial charge >= 0.3 is 0 Å². The van der Waals surface area contributed by atoms with Gasteiger partial charge in [-0.1, -0.05) is 24.3 Å². The predicted octanol–water partition coefficient (Wildman–Crippen LogP) is 2.43. The molecule has 4 heteroatoms. The average molecular weight is 264 g/mol. The molecule has 2 heterocycles. The van der Waals surface area contributed by atoms with Gasteiger partial charge in [0, 0.05) is 24.5 Å². The number of aromatic nitrogens is 3. The fraction of sp³-hybridized carbons (Fsp3) is 0.250. The van der Waals surface area contributed by atoms with E-state index in [0.717, 1.165) is 29.4 Å². The lowest BCUT2D eigenvalue weighted by molar-refractivity contribution is 0.676. The summed E-state index contributed by atoms with van der Waals surface area (Å²) < 4.78 is 1.86. The summed E-state index contributed by atoms with van der Waals surface area (Å²) in [6.45, 7) is 0. The van der Waals surface area contributed by atoms with E-state index in [2.05, 4.69) is 29.2 Å². The Balaban J connectivity index is 1.84. The van der Waals surface area contributed by atoms with Crippen LogP contribution in [0, 0.1) is 0 Å². The van der Waals surface area contributed by atoms with E-state index >= 15 is 0 Å². The molecule has 0 aliphatic heterocycles. The molecule has 0 amide bonds. The summed E-state index contributed by atoms with van der Waals surface area (Å²) in [4.78, 5) is 4.16. The molecule has 0 atom stereocenters. The lowest BCUT2D eigenvalue weighted by Gasteiger charge is -2.05. The highest BCUT2D eigenvalue weighted by Gasteiger charge is 2.27. The van der Waals surface area contributed by atoms with Crippen LogP contribution in [0.15, 0.2) is 36.5 Å². The molecular weight excluding hydrogens is 248 g/mol. The normalized spacial score (nSPS) is 14.8. The SMILES string of the molecule is Cn1nc(C2Cc3ccccc3C2)c2ccnc(N)c21. The number of nitrogens with zero attached hydrogens (tertiary/aromatic N) is 3. The van der Waals surface area contributed by atoms with Gasteiger partial charge in [-0.05, 0) is 30.0 Å². The first kappa shape index (κ1) is 11.5. The van der Waals surface area contributed by atoms with Gasteiger partial charge < -0.3 is 5.73 Å². The van der Waals surface area contributed by atoms with Crippen LogP contribution in [0.1, 0.15) is 22.7 Å². The van der Waals surface area contributed by atoms with E-state index in [-0.39, 0.29) is 0 Å². The van der Waals surface area contributed by atoms with Crippen molar-refractivity contribution in [2.75, 3.05) is 5.73 Å². The van der Waals surface area contributed by atoms with Gasteiger partial charge in [-0.3, -0.25) is 4.68 Å². The molecule has 1 aromatic carbocycles. The molecular formula is C16H16N4. The number of aryl methyl sites for hydroxylation is 1. The van der Waals surface area contributed by atoms with Gasteiger partial charge in [-0.2, -0.15) is 5.10 Å². The molecule has 4 rings (SSSR count). The summed E-state index contributed by atoms with van der Waals surface area (Å²) in [6, 6.07) is 10.7. The largest absolute Gasteiger partial charge is 0.382 e. The molecule has 3 aromatic rings. The first-order valence-corrected chi connectivity index (χ1v) is 6.88. The Morgan fingerprint density at radius 1 is 1.15 bits per heavy atom. The topological polar surface area (TPSA) is 56.7 Å². The van der Waals surface area contributed by atoms with Crippen molar-refractivity contribution in [2.24, 2.45) is 7.05 Å². The molecule has 0 spiro atoms. The van der Waals surface area contributed by atoms with Crippen LogP contribution in [-0.2, 0) is 19.9 Å². The molecule has 0 saturated carbocycles. The Labute approximate surface area is 117 Å². The van der Waals surface area contributed by atoms with E-state index in [4.69, 9.17) is 10.8 Å². The highest BCUT2D eigenvalue weighted by Crippen LogP contribution is 2.36. The number of rotatable bonds is 1. The van der Waals surface area contributed by atoms with Gasteiger partial charge in [0.15, 0.2) is 0 Å². The van der Waals surface area contributed by atoms with Crippen molar-refractivity contribution in [3.63, 3.8) is 0 Å². The van der Waals surface area contributed by atoms with Crippen LogP contribution in [-0.4, -0.2) is 14.8 Å². The second-order valence-corrected chi connectivity index (χ2v) is 5.48. The molecule has 4 nitrogen and oxygen atoms in total. The van der Waals surface area contributed by atoms with Gasteiger partial charge in [0.1, 0.15) is 11.3 Å². The third-order valence-electron chi connectivity index (χ3n) is 4.25. The highest BCUT2D eigenvalue weighted by molar-refractivity contribution is 5.90. The minimum Gasteiger partial charge on any atom is -0.382 e. The zero-order chi connectivity index (χ0) is 13.7. The van der Waals surface area contributed by atoms with Crippen molar-refractivity contribution in [3.05, 3.63) is 53.3 Å². The van der Waals surface area contributed by atoms with Crippen molar-refractivity contribution in [1.82, 2.24) is 14.8 Å². The van der Waals surface area contributed by atoms with Crippen LogP contribution in [0.25, 0.3) is 10.9 Å². The molecule has 1 aliphatic rings. The molecule has 2 N–H and O–H groups in total. The standard InChI is InChI=1S/C16H16N4/c1-20-15-13(6-7-18-16(15)17)14(19-20)12-8-10-4-2-3-5-11(10)9-12/h2-7,12H,8-9H2,1H3,(H2,17,18). The summed E-state index contributed by atoms with van der Waals surface area (Å²) in [6.07, 6.45) is 3.89. The van der Waals surface area contributed by atoms with E-state index in [1.54, 1.807) is 6.20 Å². The average Bonchev–Trinajstić information content (AvgIpc) is 3.00. The zero-order valence-corrected chi connectivity index (χ0v) is 11.4. The van der Waals surface area contributed by atoms with E-state index in [0.29, 0.717) is 11.7 Å². The third kappa shape index (κ3) is 1.54. The van der Waals surface area contributed by atoms with Crippen LogP contribution in [0.2, 0.25) is 0 Å². The second kappa shape index (κ2) is 4.07. The summed E-state index contributed by atoms with van der Waals surface area (Å²) in [5.41, 5.74) is 11.0. The third-order valence-corrected chi connectivity index (χ3v) is 4.25. The minimum atomic E-state index is 0.442. The number of fused-ring (bicyclic) bond motifs is 2. The van der Waals surface area contributed by atoms with Gasteiger partial charge in [0.05, 0.1) is 5.69 Å². The predicted molar refractivity (Wildman–Crippen MR) is 79.5 cm³/mol. The number of pyridine rings is 1. The Morgan fingerprint density at radius 3 is 2.55 bits per heavy atom. The van der Waals surface area contributed by atoms with Crippen LogP contribution in [0.3, 0.4) is 0 Å². The van der Waals surface area contributed by atoms with Crippen molar-refractivity contribution in [2.45, 2.75) is 18.8 Å². The van der Waals surface area contributed by atoms with Crippen molar-refractivity contribution < 1.29 is 0 Å². The minimum absolute atomic E-state index is 0.442. The first-order chi connectivity index (χ1) is 9.74. The lowest BCUT2D eigenvalue weighted by Crippen LogP contribution is -2.00. The number of hydrogen-bond donors (Lipinski definition) is 1. The second-order valence-electron chi connectivity index (χ2n) is 5.48. The van der Waals surface area contributed by atoms with Crippen molar-refractivity contribution >= 4 is 16.7 Å². The van der Waals surface area contributed by atoms with E-state index in [1.807, 2.05) is 17.8 Å². The Morgan fingerprint density at radius 2 is 1.85 bits per heavy atom.